The van der Waals surface area contributed by atoms with Crippen LogP contribution >= 0.6 is 0 Å². The van der Waals surface area contributed by atoms with Crippen molar-refractivity contribution in [3.8, 4) is 0 Å². The lowest BCUT2D eigenvalue weighted by Crippen LogP contribution is -2.47. The number of hydrogen-bond acceptors (Lipinski definition) is 5. The number of rotatable bonds is 7. The summed E-state index contributed by atoms with van der Waals surface area (Å²) in [6, 6.07) is 1.96. The fraction of sp³-hybridized carbons (Fsp3) is 0.562. The van der Waals surface area contributed by atoms with E-state index in [0.717, 1.165) is 18.9 Å². The zero-order valence-electron chi connectivity index (χ0n) is 14.0. The van der Waals surface area contributed by atoms with Gasteiger partial charge in [0.25, 0.3) is 0 Å². The van der Waals surface area contributed by atoms with Crippen LogP contribution < -0.4 is 5.32 Å². The van der Waals surface area contributed by atoms with E-state index in [1.54, 1.807) is 17.1 Å². The average molecular weight is 332 g/mol. The molecule has 0 spiro atoms. The number of nitrogens with one attached hydrogen (secondary N) is 1. The Morgan fingerprint density at radius 1 is 1.42 bits per heavy atom. The predicted molar refractivity (Wildman–Crippen MR) is 88.1 cm³/mol. The molecule has 1 fully saturated rings. The number of imidazole rings is 1. The Kier molecular flexibility index (Phi) is 5.60. The van der Waals surface area contributed by atoms with Gasteiger partial charge in [0.15, 0.2) is 0 Å². The lowest BCUT2D eigenvalue weighted by Gasteiger charge is -2.34. The number of carbonyl (C=O) groups is 1. The lowest BCUT2D eigenvalue weighted by molar-refractivity contribution is -0.124. The molecule has 2 aromatic heterocycles. The van der Waals surface area contributed by atoms with Crippen LogP contribution in [0.2, 0.25) is 0 Å². The topological polar surface area (TPSA) is 77.2 Å². The van der Waals surface area contributed by atoms with Gasteiger partial charge in [-0.15, -0.1) is 0 Å². The second-order valence-corrected chi connectivity index (χ2v) is 5.98. The first-order valence-electron chi connectivity index (χ1n) is 8.24. The van der Waals surface area contributed by atoms with Crippen molar-refractivity contribution < 1.29 is 9.53 Å². The van der Waals surface area contributed by atoms with E-state index in [2.05, 4.69) is 20.3 Å². The molecule has 1 aliphatic heterocycles. The Hall–Kier alpha value is -2.19. The van der Waals surface area contributed by atoms with Crippen molar-refractivity contribution in [2.45, 2.75) is 25.6 Å². The summed E-state index contributed by atoms with van der Waals surface area (Å²) >= 11 is 0. The minimum Gasteiger partial charge on any atom is -0.378 e. The Bertz CT molecular complexity index is 639. The van der Waals surface area contributed by atoms with Crippen LogP contribution in [0.15, 0.2) is 30.9 Å². The number of aromatic nitrogens is 4. The Morgan fingerprint density at radius 3 is 3.08 bits per heavy atom. The van der Waals surface area contributed by atoms with Gasteiger partial charge in [0.1, 0.15) is 5.82 Å². The zero-order chi connectivity index (χ0) is 16.8. The number of morpholine rings is 1. The molecule has 1 atom stereocenters. The van der Waals surface area contributed by atoms with Crippen LogP contribution in [0.1, 0.15) is 12.2 Å². The summed E-state index contributed by atoms with van der Waals surface area (Å²) in [5, 5.41) is 7.07. The van der Waals surface area contributed by atoms with E-state index in [0.29, 0.717) is 32.7 Å². The van der Waals surface area contributed by atoms with E-state index < -0.39 is 0 Å². The van der Waals surface area contributed by atoms with Crippen LogP contribution in [-0.2, 0) is 29.7 Å². The first-order chi connectivity index (χ1) is 11.7. The van der Waals surface area contributed by atoms with Crippen molar-refractivity contribution >= 4 is 5.91 Å². The second kappa shape index (κ2) is 8.07. The van der Waals surface area contributed by atoms with Gasteiger partial charge in [-0.1, -0.05) is 0 Å². The molecular weight excluding hydrogens is 308 g/mol. The average Bonchev–Trinajstić information content (AvgIpc) is 3.22. The van der Waals surface area contributed by atoms with Gasteiger partial charge in [-0.25, -0.2) is 4.98 Å². The monoisotopic (exact) mass is 332 g/mol. The smallest absolute Gasteiger partial charge is 0.221 e. The number of nitrogens with zero attached hydrogens (tertiary/aromatic N) is 5. The molecule has 0 aromatic carbocycles. The minimum atomic E-state index is 0.0440. The molecule has 1 amide bonds. The van der Waals surface area contributed by atoms with E-state index in [1.165, 1.54) is 0 Å². The van der Waals surface area contributed by atoms with Crippen molar-refractivity contribution in [3.63, 3.8) is 0 Å². The molecule has 1 aliphatic rings. The van der Waals surface area contributed by atoms with Crippen LogP contribution in [0.4, 0.5) is 0 Å². The van der Waals surface area contributed by atoms with Crippen molar-refractivity contribution in [2.75, 3.05) is 26.3 Å². The number of hydrogen-bond donors (Lipinski definition) is 1. The maximum atomic E-state index is 12.2. The maximum Gasteiger partial charge on any atom is 0.221 e. The minimum absolute atomic E-state index is 0.0440. The third-order valence-electron chi connectivity index (χ3n) is 4.26. The largest absolute Gasteiger partial charge is 0.378 e. The molecule has 1 N–H and O–H groups in total. The van der Waals surface area contributed by atoms with Crippen molar-refractivity contribution in [3.05, 3.63) is 36.7 Å². The van der Waals surface area contributed by atoms with Gasteiger partial charge in [-0.2, -0.15) is 5.10 Å². The highest BCUT2D eigenvalue weighted by Gasteiger charge is 2.26. The Labute approximate surface area is 141 Å². The summed E-state index contributed by atoms with van der Waals surface area (Å²) in [6.45, 7) is 4.08. The molecule has 130 valence electrons. The van der Waals surface area contributed by atoms with Gasteiger partial charge in [0.2, 0.25) is 5.91 Å². The molecule has 8 nitrogen and oxygen atoms in total. The Balaban J connectivity index is 1.47. The highest BCUT2D eigenvalue weighted by molar-refractivity contribution is 5.76. The fourth-order valence-electron chi connectivity index (χ4n) is 2.84. The van der Waals surface area contributed by atoms with Gasteiger partial charge in [0.05, 0.1) is 26.3 Å². The summed E-state index contributed by atoms with van der Waals surface area (Å²) < 4.78 is 9.38. The SMILES string of the molecule is Cn1ccnc1CN1CCOC[C@@H]1CC(=O)NCCn1cccn1. The first-order valence-corrected chi connectivity index (χ1v) is 8.24. The molecule has 3 heterocycles. The van der Waals surface area contributed by atoms with Crippen molar-refractivity contribution in [2.24, 2.45) is 7.05 Å². The van der Waals surface area contributed by atoms with Crippen molar-refractivity contribution in [1.82, 2.24) is 29.5 Å². The highest BCUT2D eigenvalue weighted by Crippen LogP contribution is 2.14. The molecule has 0 unspecified atom stereocenters. The molecule has 2 aromatic rings. The Morgan fingerprint density at radius 2 is 2.33 bits per heavy atom. The summed E-state index contributed by atoms with van der Waals surface area (Å²) in [6.07, 6.45) is 7.79. The quantitative estimate of drug-likeness (QED) is 0.774. The third-order valence-corrected chi connectivity index (χ3v) is 4.26. The molecular formula is C16H24N6O2. The number of ether oxygens (including phenoxy) is 1. The molecule has 3 rings (SSSR count). The van der Waals surface area contributed by atoms with E-state index in [4.69, 9.17) is 4.74 Å². The predicted octanol–water partition coefficient (Wildman–Crippen LogP) is 0.0239. The van der Waals surface area contributed by atoms with Gasteiger partial charge in [-0.3, -0.25) is 14.4 Å². The second-order valence-electron chi connectivity index (χ2n) is 5.98. The van der Waals surface area contributed by atoms with Gasteiger partial charge < -0.3 is 14.6 Å². The fourth-order valence-corrected chi connectivity index (χ4v) is 2.84. The van der Waals surface area contributed by atoms with Gasteiger partial charge in [0, 0.05) is 57.4 Å². The molecule has 1 saturated heterocycles. The summed E-state index contributed by atoms with van der Waals surface area (Å²) in [5.74, 6) is 1.04. The molecule has 0 saturated carbocycles. The van der Waals surface area contributed by atoms with Gasteiger partial charge >= 0.3 is 0 Å². The third kappa shape index (κ3) is 4.42. The molecule has 24 heavy (non-hydrogen) atoms. The molecule has 0 bridgehead atoms. The van der Waals surface area contributed by atoms with E-state index in [-0.39, 0.29) is 11.9 Å². The number of amides is 1. The van der Waals surface area contributed by atoms with Crippen LogP contribution in [0.25, 0.3) is 0 Å². The van der Waals surface area contributed by atoms with E-state index in [1.807, 2.05) is 30.1 Å². The lowest BCUT2D eigenvalue weighted by atomic mass is 10.1. The molecule has 0 radical (unpaired) electrons. The summed E-state index contributed by atoms with van der Waals surface area (Å²) in [5.41, 5.74) is 0. The van der Waals surface area contributed by atoms with E-state index in [9.17, 15) is 4.79 Å². The maximum absolute atomic E-state index is 12.2. The molecule has 8 heteroatoms. The van der Waals surface area contributed by atoms with Crippen molar-refractivity contribution in [1.29, 1.82) is 0 Å². The van der Waals surface area contributed by atoms with E-state index >= 15 is 0 Å². The van der Waals surface area contributed by atoms with Gasteiger partial charge in [-0.05, 0) is 6.07 Å². The number of carbonyl (C=O) groups excluding carboxylic acids is 1. The standard InChI is InChI=1S/C16H24N6O2/c1-20-7-4-17-15(20)12-21-9-10-24-13-14(21)11-16(23)18-5-8-22-6-2-3-19-22/h2-4,6-7,14H,5,8-13H2,1H3,(H,18,23)/t14-/m0/s1. The van der Waals surface area contributed by atoms with Crippen LogP contribution in [0.3, 0.4) is 0 Å². The van der Waals surface area contributed by atoms with Crippen LogP contribution in [0.5, 0.6) is 0 Å². The number of aryl methyl sites for hydroxylation is 1. The van der Waals surface area contributed by atoms with Crippen LogP contribution in [-0.4, -0.2) is 62.5 Å². The summed E-state index contributed by atoms with van der Waals surface area (Å²) in [4.78, 5) is 18.9. The molecule has 0 aliphatic carbocycles. The summed E-state index contributed by atoms with van der Waals surface area (Å²) in [7, 11) is 1.99. The normalized spacial score (nSPS) is 18.6. The van der Waals surface area contributed by atoms with Crippen LogP contribution in [0, 0.1) is 0 Å². The zero-order valence-corrected chi connectivity index (χ0v) is 14.0. The highest BCUT2D eigenvalue weighted by atomic mass is 16.5. The first kappa shape index (κ1) is 16.7.